The summed E-state index contributed by atoms with van der Waals surface area (Å²) in [6.45, 7) is 8.52. The fourth-order valence-electron chi connectivity index (χ4n) is 3.95. The van der Waals surface area contributed by atoms with Gasteiger partial charge in [-0.1, -0.05) is 25.4 Å². The molecule has 0 saturated carbocycles. The van der Waals surface area contributed by atoms with Crippen LogP contribution in [0.15, 0.2) is 18.2 Å². The average Bonchev–Trinajstić information content (AvgIpc) is 2.92. The summed E-state index contributed by atoms with van der Waals surface area (Å²) in [5.74, 6) is 0.496. The Hall–Kier alpha value is -2.05. The number of halogens is 1. The molecule has 1 aromatic heterocycles. The van der Waals surface area contributed by atoms with Crippen molar-refractivity contribution in [3.8, 4) is 0 Å². The Morgan fingerprint density at radius 1 is 1.30 bits per heavy atom. The van der Waals surface area contributed by atoms with Crippen molar-refractivity contribution in [1.29, 1.82) is 0 Å². The lowest BCUT2D eigenvalue weighted by atomic mass is 9.92. The van der Waals surface area contributed by atoms with Gasteiger partial charge in [0.25, 0.3) is 0 Å². The van der Waals surface area contributed by atoms with Crippen LogP contribution in [0.4, 0.5) is 5.69 Å². The SMILES string of the molecule is CCOC(=O)c1[nH]c2ccc(Cl)cc2c1NC(=O)CN1CC(C)CC(C)C1. The normalized spacial score (nSPS) is 20.6. The first-order chi connectivity index (χ1) is 12.9. The first-order valence-electron chi connectivity index (χ1n) is 9.38. The second-order valence-corrected chi connectivity index (χ2v) is 7.91. The van der Waals surface area contributed by atoms with Gasteiger partial charge in [-0.3, -0.25) is 9.69 Å². The van der Waals surface area contributed by atoms with E-state index in [1.807, 2.05) is 0 Å². The molecule has 2 heterocycles. The van der Waals surface area contributed by atoms with Gasteiger partial charge in [0.05, 0.1) is 18.8 Å². The third-order valence-corrected chi connectivity index (χ3v) is 5.05. The third-order valence-electron chi connectivity index (χ3n) is 4.82. The highest BCUT2D eigenvalue weighted by Gasteiger charge is 2.25. The molecule has 6 nitrogen and oxygen atoms in total. The average molecular weight is 392 g/mol. The number of fused-ring (bicyclic) bond motifs is 1. The molecular weight excluding hydrogens is 366 g/mol. The van der Waals surface area contributed by atoms with Gasteiger partial charge in [-0.05, 0) is 43.4 Å². The molecule has 0 aliphatic carbocycles. The Labute approximate surface area is 164 Å². The second-order valence-electron chi connectivity index (χ2n) is 7.47. The second kappa shape index (κ2) is 8.31. The zero-order valence-electron chi connectivity index (χ0n) is 16.0. The van der Waals surface area contributed by atoms with Gasteiger partial charge in [0.15, 0.2) is 0 Å². The number of esters is 1. The van der Waals surface area contributed by atoms with Gasteiger partial charge < -0.3 is 15.0 Å². The van der Waals surface area contributed by atoms with Crippen LogP contribution in [0.3, 0.4) is 0 Å². The predicted octanol–water partition coefficient (Wildman–Crippen LogP) is 3.91. The van der Waals surface area contributed by atoms with E-state index in [-0.39, 0.29) is 18.2 Å². The molecule has 1 fully saturated rings. The first kappa shape index (κ1) is 19.7. The van der Waals surface area contributed by atoms with E-state index in [0.29, 0.717) is 34.5 Å². The van der Waals surface area contributed by atoms with Gasteiger partial charge in [-0.25, -0.2) is 4.79 Å². The van der Waals surface area contributed by atoms with E-state index in [1.54, 1.807) is 25.1 Å². The Bertz CT molecular complexity index is 838. The van der Waals surface area contributed by atoms with Crippen LogP contribution in [0.2, 0.25) is 5.02 Å². The number of nitrogens with one attached hydrogen (secondary N) is 2. The molecule has 1 amide bonds. The monoisotopic (exact) mass is 391 g/mol. The lowest BCUT2D eigenvalue weighted by Gasteiger charge is -2.34. The zero-order valence-corrected chi connectivity index (χ0v) is 16.7. The molecule has 2 unspecified atom stereocenters. The number of carbonyl (C=O) groups is 2. The number of carbonyl (C=O) groups excluding carboxylic acids is 2. The highest BCUT2D eigenvalue weighted by Crippen LogP contribution is 2.31. The van der Waals surface area contributed by atoms with E-state index in [9.17, 15) is 9.59 Å². The van der Waals surface area contributed by atoms with Crippen LogP contribution < -0.4 is 5.32 Å². The van der Waals surface area contributed by atoms with E-state index in [1.165, 1.54) is 6.42 Å². The summed E-state index contributed by atoms with van der Waals surface area (Å²) >= 11 is 6.11. The van der Waals surface area contributed by atoms with E-state index in [4.69, 9.17) is 16.3 Å². The van der Waals surface area contributed by atoms with Crippen LogP contribution in [-0.2, 0) is 9.53 Å². The maximum atomic E-state index is 12.7. The lowest BCUT2D eigenvalue weighted by molar-refractivity contribution is -0.117. The van der Waals surface area contributed by atoms with Crippen molar-refractivity contribution in [2.24, 2.45) is 11.8 Å². The zero-order chi connectivity index (χ0) is 19.6. The summed E-state index contributed by atoms with van der Waals surface area (Å²) in [4.78, 5) is 30.2. The summed E-state index contributed by atoms with van der Waals surface area (Å²) in [7, 11) is 0. The number of benzene rings is 1. The van der Waals surface area contributed by atoms with E-state index < -0.39 is 5.97 Å². The number of hydrogen-bond donors (Lipinski definition) is 2. The van der Waals surface area contributed by atoms with Crippen LogP contribution in [0.1, 0.15) is 37.7 Å². The number of hydrogen-bond acceptors (Lipinski definition) is 4. The van der Waals surface area contributed by atoms with Crippen molar-refractivity contribution in [2.75, 3.05) is 31.6 Å². The molecule has 1 aliphatic rings. The number of aromatic amines is 1. The molecule has 7 heteroatoms. The van der Waals surface area contributed by atoms with Crippen molar-refractivity contribution in [3.63, 3.8) is 0 Å². The van der Waals surface area contributed by atoms with E-state index in [0.717, 1.165) is 18.6 Å². The van der Waals surface area contributed by atoms with Gasteiger partial charge in [0, 0.05) is 29.0 Å². The molecule has 2 atom stereocenters. The van der Waals surface area contributed by atoms with Crippen molar-refractivity contribution in [1.82, 2.24) is 9.88 Å². The smallest absolute Gasteiger partial charge is 0.356 e. The first-order valence-corrected chi connectivity index (χ1v) is 9.75. The van der Waals surface area contributed by atoms with Gasteiger partial charge >= 0.3 is 5.97 Å². The van der Waals surface area contributed by atoms with Gasteiger partial charge in [0.1, 0.15) is 5.69 Å². The molecule has 27 heavy (non-hydrogen) atoms. The Kier molecular flexibility index (Phi) is 6.07. The molecule has 146 valence electrons. The molecule has 1 saturated heterocycles. The fourth-order valence-corrected chi connectivity index (χ4v) is 4.13. The summed E-state index contributed by atoms with van der Waals surface area (Å²) in [6, 6.07) is 5.25. The summed E-state index contributed by atoms with van der Waals surface area (Å²) in [5.41, 5.74) is 1.38. The Morgan fingerprint density at radius 2 is 2.00 bits per heavy atom. The van der Waals surface area contributed by atoms with Crippen molar-refractivity contribution >= 4 is 40.1 Å². The standard InChI is InChI=1S/C20H26ClN3O3/c1-4-27-20(26)19-18(15-8-14(21)5-6-16(15)22-19)23-17(25)11-24-9-12(2)7-13(3)10-24/h5-6,8,12-13,22H,4,7,9-11H2,1-3H3,(H,23,25). The molecular formula is C20H26ClN3O3. The Morgan fingerprint density at radius 3 is 2.67 bits per heavy atom. The maximum absolute atomic E-state index is 12.7. The van der Waals surface area contributed by atoms with Crippen molar-refractivity contribution in [3.05, 3.63) is 28.9 Å². The van der Waals surface area contributed by atoms with Crippen molar-refractivity contribution in [2.45, 2.75) is 27.2 Å². The number of likely N-dealkylation sites (tertiary alicyclic amines) is 1. The van der Waals surface area contributed by atoms with Gasteiger partial charge in [0.2, 0.25) is 5.91 Å². The lowest BCUT2D eigenvalue weighted by Crippen LogP contribution is -2.42. The number of anilines is 1. The molecule has 0 radical (unpaired) electrons. The van der Waals surface area contributed by atoms with Crippen molar-refractivity contribution < 1.29 is 14.3 Å². The quantitative estimate of drug-likeness (QED) is 0.757. The summed E-state index contributed by atoms with van der Waals surface area (Å²) in [5, 5.41) is 4.13. The number of piperidine rings is 1. The fraction of sp³-hybridized carbons (Fsp3) is 0.500. The molecule has 2 N–H and O–H groups in total. The minimum Gasteiger partial charge on any atom is -0.461 e. The Balaban J connectivity index is 1.83. The molecule has 3 rings (SSSR count). The minimum absolute atomic E-state index is 0.150. The third kappa shape index (κ3) is 4.62. The number of nitrogens with zero attached hydrogens (tertiary/aromatic N) is 1. The van der Waals surface area contributed by atoms with Crippen LogP contribution in [0, 0.1) is 11.8 Å². The topological polar surface area (TPSA) is 74.4 Å². The highest BCUT2D eigenvalue weighted by atomic mass is 35.5. The molecule has 0 spiro atoms. The van der Waals surface area contributed by atoms with Crippen LogP contribution in [0.5, 0.6) is 0 Å². The number of ether oxygens (including phenoxy) is 1. The van der Waals surface area contributed by atoms with Crippen LogP contribution >= 0.6 is 11.6 Å². The molecule has 0 bridgehead atoms. The van der Waals surface area contributed by atoms with Crippen LogP contribution in [0.25, 0.3) is 10.9 Å². The molecule has 1 aliphatic heterocycles. The van der Waals surface area contributed by atoms with E-state index in [2.05, 4.69) is 29.0 Å². The summed E-state index contributed by atoms with van der Waals surface area (Å²) in [6.07, 6.45) is 1.19. The van der Waals surface area contributed by atoms with Gasteiger partial charge in [-0.15, -0.1) is 0 Å². The maximum Gasteiger partial charge on any atom is 0.356 e. The van der Waals surface area contributed by atoms with Gasteiger partial charge in [-0.2, -0.15) is 0 Å². The minimum atomic E-state index is -0.500. The largest absolute Gasteiger partial charge is 0.461 e. The van der Waals surface area contributed by atoms with E-state index >= 15 is 0 Å². The number of amides is 1. The predicted molar refractivity (Wildman–Crippen MR) is 107 cm³/mol. The number of H-pyrrole nitrogens is 1. The number of aromatic nitrogens is 1. The molecule has 1 aromatic carbocycles. The molecule has 2 aromatic rings. The summed E-state index contributed by atoms with van der Waals surface area (Å²) < 4.78 is 5.12. The highest BCUT2D eigenvalue weighted by molar-refractivity contribution is 6.31. The number of rotatable bonds is 5. The van der Waals surface area contributed by atoms with Crippen LogP contribution in [-0.4, -0.2) is 48.0 Å².